The van der Waals surface area contributed by atoms with Crippen LogP contribution in [0.25, 0.3) is 0 Å². The second kappa shape index (κ2) is 16.0. The van der Waals surface area contributed by atoms with Gasteiger partial charge in [0.05, 0.1) is 36.0 Å². The third-order valence-electron chi connectivity index (χ3n) is 13.0. The number of benzene rings is 2. The maximum atomic E-state index is 16.3. The van der Waals surface area contributed by atoms with Crippen LogP contribution in [-0.2, 0) is 24.8 Å². The Morgan fingerprint density at radius 3 is 2.38 bits per heavy atom. The van der Waals surface area contributed by atoms with Gasteiger partial charge in [0, 0.05) is 37.6 Å². The first-order valence-corrected chi connectivity index (χ1v) is 21.2. The maximum Gasteiger partial charge on any atom is 0.407 e. The molecule has 5 fully saturated rings. The van der Waals surface area contributed by atoms with Gasteiger partial charge in [-0.15, -0.1) is 6.42 Å². The molecule has 14 heteroatoms. The molecule has 7 rings (SSSR count). The Balaban J connectivity index is 1.02. The minimum absolute atomic E-state index is 0.0210. The lowest BCUT2D eigenvalue weighted by Crippen LogP contribution is -2.65. The summed E-state index contributed by atoms with van der Waals surface area (Å²) < 4.78 is 78.6. The van der Waals surface area contributed by atoms with E-state index in [2.05, 4.69) is 15.1 Å². The fourth-order valence-corrected chi connectivity index (χ4v) is 12.0. The van der Waals surface area contributed by atoms with Crippen molar-refractivity contribution in [2.24, 2.45) is 11.8 Å². The zero-order valence-corrected chi connectivity index (χ0v) is 32.3. The number of methoxy groups -OCH3 is 1. The molecule has 5 aliphatic rings. The predicted molar refractivity (Wildman–Crippen MR) is 203 cm³/mol. The molecule has 298 valence electrons. The van der Waals surface area contributed by atoms with Crippen LogP contribution in [0.1, 0.15) is 56.9 Å². The van der Waals surface area contributed by atoms with E-state index in [0.717, 1.165) is 69.8 Å². The molecule has 0 aromatic heterocycles. The summed E-state index contributed by atoms with van der Waals surface area (Å²) >= 11 is 0. The number of rotatable bonds is 11. The van der Waals surface area contributed by atoms with Crippen molar-refractivity contribution in [1.82, 2.24) is 20.0 Å². The highest BCUT2D eigenvalue weighted by Crippen LogP contribution is 2.52. The third kappa shape index (κ3) is 7.94. The molecule has 4 heterocycles. The Bertz CT molecular complexity index is 1890. The lowest BCUT2D eigenvalue weighted by atomic mass is 9.57. The van der Waals surface area contributed by atoms with E-state index in [4.69, 9.17) is 11.2 Å². The molecule has 2 aromatic carbocycles. The average Bonchev–Trinajstić information content (AvgIpc) is 3.61. The van der Waals surface area contributed by atoms with Crippen LogP contribution in [0.5, 0.6) is 0 Å². The number of nitrogens with one attached hydrogen (secondary N) is 1. The highest BCUT2D eigenvalue weighted by Gasteiger charge is 2.54. The van der Waals surface area contributed by atoms with Crippen LogP contribution >= 0.6 is 0 Å². The van der Waals surface area contributed by atoms with Crippen LogP contribution in [-0.4, -0.2) is 125 Å². The van der Waals surface area contributed by atoms with Gasteiger partial charge in [-0.2, -0.15) is 0 Å². The molecule has 0 unspecified atom stereocenters. The predicted octanol–water partition coefficient (Wildman–Crippen LogP) is 4.77. The second-order valence-electron chi connectivity index (χ2n) is 16.3. The number of sulfone groups is 1. The van der Waals surface area contributed by atoms with Crippen molar-refractivity contribution in [3.63, 3.8) is 0 Å². The van der Waals surface area contributed by atoms with E-state index in [1.54, 1.807) is 17.0 Å². The summed E-state index contributed by atoms with van der Waals surface area (Å²) in [5.74, 6) is 0.688. The smallest absolute Gasteiger partial charge is 0.407 e. The van der Waals surface area contributed by atoms with Gasteiger partial charge in [0.1, 0.15) is 11.6 Å². The van der Waals surface area contributed by atoms with Crippen LogP contribution in [0.15, 0.2) is 47.4 Å². The molecule has 10 nitrogen and oxygen atoms in total. The summed E-state index contributed by atoms with van der Waals surface area (Å²) in [6.45, 7) is 4.52. The van der Waals surface area contributed by atoms with Gasteiger partial charge in [0.25, 0.3) is 5.91 Å². The molecule has 55 heavy (non-hydrogen) atoms. The number of hydrogen-bond donors (Lipinski definition) is 1. The lowest BCUT2D eigenvalue weighted by molar-refractivity contribution is -0.125. The Labute approximate surface area is 322 Å². The number of carbonyl (C=O) groups excluding carboxylic acids is 2. The number of amides is 2. The molecule has 2 amide bonds. The average molecular weight is 784 g/mol. The van der Waals surface area contributed by atoms with Crippen molar-refractivity contribution in [3.8, 4) is 12.3 Å². The Morgan fingerprint density at radius 1 is 0.964 bits per heavy atom. The molecule has 0 bridgehead atoms. The molecule has 1 saturated carbocycles. The third-order valence-corrected chi connectivity index (χ3v) is 15.2. The fraction of sp³-hybridized carbons (Fsp3) is 0.610. The first kappa shape index (κ1) is 39.4. The molecule has 1 aliphatic carbocycles. The van der Waals surface area contributed by atoms with E-state index in [1.807, 2.05) is 12.0 Å². The van der Waals surface area contributed by atoms with Crippen LogP contribution in [0.4, 0.5) is 23.7 Å². The summed E-state index contributed by atoms with van der Waals surface area (Å²) in [5.41, 5.74) is -0.892. The zero-order valence-electron chi connectivity index (χ0n) is 31.5. The van der Waals surface area contributed by atoms with Gasteiger partial charge in [-0.05, 0) is 125 Å². The number of carbonyl (C=O) groups is 2. The molecule has 1 N–H and O–H groups in total. The number of alkyl carbamates (subject to hydrolysis) is 1. The Kier molecular flexibility index (Phi) is 11.5. The number of terminal acetylenes is 1. The van der Waals surface area contributed by atoms with Crippen LogP contribution in [0.2, 0.25) is 0 Å². The minimum Gasteiger partial charge on any atom is -0.453 e. The first-order chi connectivity index (χ1) is 26.3. The van der Waals surface area contributed by atoms with Gasteiger partial charge >= 0.3 is 6.09 Å². The van der Waals surface area contributed by atoms with Gasteiger partial charge < -0.3 is 24.8 Å². The quantitative estimate of drug-likeness (QED) is 0.326. The Morgan fingerprint density at radius 2 is 1.73 bits per heavy atom. The molecule has 4 aliphatic heterocycles. The van der Waals surface area contributed by atoms with Crippen molar-refractivity contribution in [2.75, 3.05) is 77.5 Å². The molecule has 4 atom stereocenters. The molecule has 4 saturated heterocycles. The van der Waals surface area contributed by atoms with Gasteiger partial charge in [0.2, 0.25) is 0 Å². The van der Waals surface area contributed by atoms with Crippen molar-refractivity contribution in [2.45, 2.75) is 78.6 Å². The molecular weight excluding hydrogens is 732 g/mol. The van der Waals surface area contributed by atoms with E-state index in [-0.39, 0.29) is 60.5 Å². The number of ether oxygens (including phenoxy) is 1. The topological polar surface area (TPSA) is 103 Å². The number of nitrogens with zero attached hydrogens (tertiary/aromatic N) is 4. The number of piperidine rings is 2. The number of halogens is 3. The van der Waals surface area contributed by atoms with Crippen molar-refractivity contribution in [1.29, 1.82) is 0 Å². The molecule has 0 spiro atoms. The van der Waals surface area contributed by atoms with Crippen molar-refractivity contribution < 1.29 is 35.9 Å². The van der Waals surface area contributed by atoms with Gasteiger partial charge in [-0.25, -0.2) is 26.4 Å². The van der Waals surface area contributed by atoms with E-state index < -0.39 is 44.0 Å². The summed E-state index contributed by atoms with van der Waals surface area (Å²) in [7, 11) is -2.57. The zero-order chi connectivity index (χ0) is 39.0. The highest BCUT2D eigenvalue weighted by atomic mass is 32.2. The number of likely N-dealkylation sites (tertiary alicyclic amines) is 3. The Hall–Kier alpha value is -3.80. The van der Waals surface area contributed by atoms with Crippen LogP contribution in [0.3, 0.4) is 0 Å². The van der Waals surface area contributed by atoms with Gasteiger partial charge in [-0.3, -0.25) is 9.69 Å². The second-order valence-corrected chi connectivity index (χ2v) is 18.6. The van der Waals surface area contributed by atoms with E-state index >= 15 is 8.78 Å². The molecule has 2 aromatic rings. The van der Waals surface area contributed by atoms with E-state index in [0.29, 0.717) is 32.5 Å². The molecule has 0 radical (unpaired) electrons. The van der Waals surface area contributed by atoms with E-state index in [1.165, 1.54) is 30.2 Å². The fourth-order valence-electron chi connectivity index (χ4n) is 10.2. The standard InChI is InChI=1S/C41H52F3N5O5S/c1-3-38(50)48-19-6-10-33(24-48)55(52,53)32-13-14-37(35(43)23-32)49-26-40(44,27-49)25-47-20-15-29(16-21-47)41(28-46-17-7-18-46,30-8-4-9-31(42)22-30)34-11-5-12-36(34)45-39(51)54-2/h1,4,8-9,13-14,22-23,29,33-34,36H,5-7,10-12,15-21,24-28H2,2H3,(H,45,51)/t33-,34-,36-,41-/m0/s1. The normalized spacial score (nSPS) is 26.0. The van der Waals surface area contributed by atoms with Crippen LogP contribution < -0.4 is 10.2 Å². The summed E-state index contributed by atoms with van der Waals surface area (Å²) in [4.78, 5) is 31.8. The monoisotopic (exact) mass is 783 g/mol. The summed E-state index contributed by atoms with van der Waals surface area (Å²) in [6, 6.07) is 10.6. The van der Waals surface area contributed by atoms with Gasteiger partial charge in [-0.1, -0.05) is 18.6 Å². The van der Waals surface area contributed by atoms with E-state index in [9.17, 15) is 22.4 Å². The lowest BCUT2D eigenvalue weighted by Gasteiger charge is -2.54. The summed E-state index contributed by atoms with van der Waals surface area (Å²) in [6.07, 6.45) is 10.9. The number of anilines is 1. The van der Waals surface area contributed by atoms with Crippen molar-refractivity contribution >= 4 is 27.5 Å². The van der Waals surface area contributed by atoms with Crippen molar-refractivity contribution in [3.05, 3.63) is 59.7 Å². The number of hydrogen-bond acceptors (Lipinski definition) is 8. The SMILES string of the molecule is C#CC(=O)N1CCC[C@H](S(=O)(=O)c2ccc(N3CC(F)(CN4CCC([C@@](CN5CCC5)(c5cccc(F)c5)[C@H]5CCC[C@@H]5NC(=O)OC)CC4)C3)c(F)c2)C1. The summed E-state index contributed by atoms with van der Waals surface area (Å²) in [5, 5.41) is 2.22. The maximum absolute atomic E-state index is 16.3. The highest BCUT2D eigenvalue weighted by molar-refractivity contribution is 7.92. The minimum atomic E-state index is -3.94. The first-order valence-electron chi connectivity index (χ1n) is 19.6. The number of alkyl halides is 1. The van der Waals surface area contributed by atoms with Crippen LogP contribution in [0, 0.1) is 35.8 Å². The largest absolute Gasteiger partial charge is 0.453 e. The van der Waals surface area contributed by atoms with Gasteiger partial charge in [0.15, 0.2) is 15.5 Å². The molecular formula is C41H52F3N5O5S.